The first-order valence-corrected chi connectivity index (χ1v) is 8.29. The number of nitrogens with one attached hydrogen (secondary N) is 1. The summed E-state index contributed by atoms with van der Waals surface area (Å²) >= 11 is 1.61. The molecule has 0 unspecified atom stereocenters. The van der Waals surface area contributed by atoms with Crippen molar-refractivity contribution < 1.29 is 9.53 Å². The molecule has 1 aliphatic heterocycles. The van der Waals surface area contributed by atoms with Crippen LogP contribution in [0.15, 0.2) is 30.5 Å². The molecular weight excluding hydrogens is 298 g/mol. The van der Waals surface area contributed by atoms with Gasteiger partial charge in [-0.25, -0.2) is 0 Å². The number of anilines is 1. The lowest BCUT2D eigenvalue weighted by molar-refractivity contribution is -0.113. The summed E-state index contributed by atoms with van der Waals surface area (Å²) in [6.07, 6.45) is 1.96. The van der Waals surface area contributed by atoms with Gasteiger partial charge in [0.15, 0.2) is 0 Å². The van der Waals surface area contributed by atoms with E-state index < -0.39 is 0 Å². The minimum Gasteiger partial charge on any atom is -0.491 e. The van der Waals surface area contributed by atoms with Crippen LogP contribution in [0.25, 0.3) is 0 Å². The molecule has 1 atom stereocenters. The number of thioether (sulfide) groups is 1. The van der Waals surface area contributed by atoms with Crippen LogP contribution in [0, 0.1) is 0 Å². The molecule has 0 fully saturated rings. The van der Waals surface area contributed by atoms with E-state index in [9.17, 15) is 4.79 Å². The van der Waals surface area contributed by atoms with Crippen LogP contribution in [0.2, 0.25) is 0 Å². The molecule has 0 saturated carbocycles. The first-order valence-electron chi connectivity index (χ1n) is 7.24. The second kappa shape index (κ2) is 6.04. The Kier molecular flexibility index (Phi) is 4.11. The summed E-state index contributed by atoms with van der Waals surface area (Å²) in [4.78, 5) is 11.9. The monoisotopic (exact) mass is 317 g/mol. The van der Waals surface area contributed by atoms with Gasteiger partial charge in [-0.15, -0.1) is 11.8 Å². The molecule has 116 valence electrons. The number of carbonyl (C=O) groups excluding carboxylic acids is 1. The molecule has 0 saturated heterocycles. The Morgan fingerprint density at radius 1 is 1.45 bits per heavy atom. The van der Waals surface area contributed by atoms with Gasteiger partial charge in [0.2, 0.25) is 5.91 Å². The number of hydrogen-bond acceptors (Lipinski definition) is 4. The second-order valence-electron chi connectivity index (χ2n) is 5.55. The van der Waals surface area contributed by atoms with Gasteiger partial charge in [0.25, 0.3) is 0 Å². The topological polar surface area (TPSA) is 56.1 Å². The van der Waals surface area contributed by atoms with E-state index in [2.05, 4.69) is 16.5 Å². The highest BCUT2D eigenvalue weighted by Crippen LogP contribution is 2.41. The van der Waals surface area contributed by atoms with E-state index in [1.807, 2.05) is 45.3 Å². The fourth-order valence-corrected chi connectivity index (χ4v) is 3.60. The standard InChI is InChI=1S/C16H19N3O2S/c1-10(2)21-12-6-4-5-11(7-12)15-13-8-17-19(3)16(13)18-14(20)9-22-15/h4-8,10,15H,9H2,1-3H3,(H,18,20)/t15-/m0/s1. The highest BCUT2D eigenvalue weighted by atomic mass is 32.2. The van der Waals surface area contributed by atoms with Gasteiger partial charge in [0.05, 0.1) is 23.3 Å². The number of carbonyl (C=O) groups is 1. The van der Waals surface area contributed by atoms with Gasteiger partial charge >= 0.3 is 0 Å². The fourth-order valence-electron chi connectivity index (χ4n) is 2.52. The highest BCUT2D eigenvalue weighted by molar-refractivity contribution is 8.00. The number of aryl methyl sites for hydroxylation is 1. The number of rotatable bonds is 3. The maximum Gasteiger partial charge on any atom is 0.235 e. The largest absolute Gasteiger partial charge is 0.491 e. The molecule has 0 spiro atoms. The molecule has 1 N–H and O–H groups in total. The Bertz CT molecular complexity index is 696. The molecule has 0 bridgehead atoms. The molecule has 1 aromatic heterocycles. The normalized spacial score (nSPS) is 17.8. The maximum absolute atomic E-state index is 11.9. The van der Waals surface area contributed by atoms with Crippen LogP contribution >= 0.6 is 11.8 Å². The number of ether oxygens (including phenoxy) is 1. The van der Waals surface area contributed by atoms with Crippen molar-refractivity contribution in [1.82, 2.24) is 9.78 Å². The molecule has 1 aromatic carbocycles. The Morgan fingerprint density at radius 2 is 2.27 bits per heavy atom. The van der Waals surface area contributed by atoms with E-state index in [4.69, 9.17) is 4.74 Å². The van der Waals surface area contributed by atoms with Crippen molar-refractivity contribution in [2.45, 2.75) is 25.2 Å². The van der Waals surface area contributed by atoms with E-state index >= 15 is 0 Å². The second-order valence-corrected chi connectivity index (χ2v) is 6.64. The number of fused-ring (bicyclic) bond motifs is 1. The molecule has 5 nitrogen and oxygen atoms in total. The van der Waals surface area contributed by atoms with Crippen LogP contribution in [0.3, 0.4) is 0 Å². The van der Waals surface area contributed by atoms with Crippen molar-refractivity contribution in [1.29, 1.82) is 0 Å². The average Bonchev–Trinajstić information content (AvgIpc) is 2.72. The zero-order valence-electron chi connectivity index (χ0n) is 12.9. The van der Waals surface area contributed by atoms with Crippen LogP contribution in [0.1, 0.15) is 30.2 Å². The SMILES string of the molecule is CC(C)Oc1cccc([C@@H]2SCC(=O)Nc3c2cnn3C)c1. The zero-order chi connectivity index (χ0) is 15.7. The quantitative estimate of drug-likeness (QED) is 0.945. The molecule has 2 aromatic rings. The third-order valence-electron chi connectivity index (χ3n) is 3.42. The molecule has 3 rings (SSSR count). The van der Waals surface area contributed by atoms with E-state index in [0.29, 0.717) is 5.75 Å². The fraction of sp³-hybridized carbons (Fsp3) is 0.375. The summed E-state index contributed by atoms with van der Waals surface area (Å²) in [5, 5.41) is 7.27. The van der Waals surface area contributed by atoms with Gasteiger partial charge in [-0.1, -0.05) is 12.1 Å². The van der Waals surface area contributed by atoms with Crippen LogP contribution in [-0.2, 0) is 11.8 Å². The average molecular weight is 317 g/mol. The smallest absolute Gasteiger partial charge is 0.235 e. The lowest BCUT2D eigenvalue weighted by Gasteiger charge is -2.16. The van der Waals surface area contributed by atoms with Gasteiger partial charge in [0, 0.05) is 12.6 Å². The first-order chi connectivity index (χ1) is 10.5. The van der Waals surface area contributed by atoms with Crippen LogP contribution in [0.5, 0.6) is 5.75 Å². The molecule has 0 aliphatic carbocycles. The van der Waals surface area contributed by atoms with Crippen molar-refractivity contribution in [2.75, 3.05) is 11.1 Å². The summed E-state index contributed by atoms with van der Waals surface area (Å²) in [6.45, 7) is 4.02. The molecule has 0 radical (unpaired) electrons. The molecule has 1 amide bonds. The van der Waals surface area contributed by atoms with E-state index in [1.54, 1.807) is 16.4 Å². The summed E-state index contributed by atoms with van der Waals surface area (Å²) in [5.74, 6) is 2.05. The van der Waals surface area contributed by atoms with Crippen LogP contribution in [-0.4, -0.2) is 27.5 Å². The highest BCUT2D eigenvalue weighted by Gasteiger charge is 2.27. The lowest BCUT2D eigenvalue weighted by atomic mass is 10.1. The third-order valence-corrected chi connectivity index (χ3v) is 4.71. The van der Waals surface area contributed by atoms with E-state index in [1.165, 1.54) is 0 Å². The van der Waals surface area contributed by atoms with Crippen molar-refractivity contribution in [3.63, 3.8) is 0 Å². The number of nitrogens with zero attached hydrogens (tertiary/aromatic N) is 2. The van der Waals surface area contributed by atoms with Gasteiger partial charge in [-0.05, 0) is 31.5 Å². The van der Waals surface area contributed by atoms with Gasteiger partial charge in [-0.2, -0.15) is 5.10 Å². The van der Waals surface area contributed by atoms with Crippen molar-refractivity contribution in [2.24, 2.45) is 7.05 Å². The minimum absolute atomic E-state index is 0.00642. The number of amides is 1. The van der Waals surface area contributed by atoms with Gasteiger partial charge in [-0.3, -0.25) is 9.48 Å². The Morgan fingerprint density at radius 3 is 3.05 bits per heavy atom. The Hall–Kier alpha value is -1.95. The summed E-state index contributed by atoms with van der Waals surface area (Å²) in [6, 6.07) is 8.06. The summed E-state index contributed by atoms with van der Waals surface area (Å²) in [7, 11) is 1.84. The maximum atomic E-state index is 11.9. The Labute approximate surface area is 134 Å². The predicted octanol–water partition coefficient (Wildman–Crippen LogP) is 2.98. The zero-order valence-corrected chi connectivity index (χ0v) is 13.7. The molecule has 6 heteroatoms. The lowest BCUT2D eigenvalue weighted by Crippen LogP contribution is -2.15. The van der Waals surface area contributed by atoms with Crippen LogP contribution in [0.4, 0.5) is 5.82 Å². The van der Waals surface area contributed by atoms with E-state index in [0.717, 1.165) is 22.7 Å². The predicted molar refractivity (Wildman–Crippen MR) is 88.3 cm³/mol. The number of hydrogen-bond donors (Lipinski definition) is 1. The van der Waals surface area contributed by atoms with Gasteiger partial charge < -0.3 is 10.1 Å². The third kappa shape index (κ3) is 2.97. The van der Waals surface area contributed by atoms with E-state index in [-0.39, 0.29) is 17.3 Å². The van der Waals surface area contributed by atoms with Gasteiger partial charge in [0.1, 0.15) is 11.6 Å². The minimum atomic E-state index is 0.00642. The number of benzene rings is 1. The van der Waals surface area contributed by atoms with Crippen molar-refractivity contribution in [3.05, 3.63) is 41.6 Å². The molecule has 2 heterocycles. The molecular formula is C16H19N3O2S. The van der Waals surface area contributed by atoms with Crippen molar-refractivity contribution >= 4 is 23.5 Å². The molecule has 22 heavy (non-hydrogen) atoms. The first kappa shape index (κ1) is 15.0. The Balaban J connectivity index is 1.99. The summed E-state index contributed by atoms with van der Waals surface area (Å²) < 4.78 is 7.49. The number of aromatic nitrogens is 2. The van der Waals surface area contributed by atoms with Crippen molar-refractivity contribution in [3.8, 4) is 5.75 Å². The van der Waals surface area contributed by atoms with Crippen LogP contribution < -0.4 is 10.1 Å². The molecule has 1 aliphatic rings. The summed E-state index contributed by atoms with van der Waals surface area (Å²) in [5.41, 5.74) is 2.15.